The third kappa shape index (κ3) is 3.60. The number of aromatic nitrogens is 1. The molecule has 104 valence electrons. The van der Waals surface area contributed by atoms with Gasteiger partial charge in [-0.3, -0.25) is 5.32 Å². The maximum Gasteiger partial charge on any atom is 0.324 e. The monoisotopic (exact) mass is 310 g/mol. The Balaban J connectivity index is 2.08. The molecule has 2 rings (SSSR count). The van der Waals surface area contributed by atoms with Crippen LogP contribution in [0.1, 0.15) is 5.56 Å². The van der Waals surface area contributed by atoms with E-state index in [-0.39, 0.29) is 6.54 Å². The Morgan fingerprint density at radius 2 is 2.00 bits per heavy atom. The summed E-state index contributed by atoms with van der Waals surface area (Å²) >= 11 is 11.7. The molecule has 0 atom stereocenters. The molecule has 0 aliphatic carbocycles. The first kappa shape index (κ1) is 14.6. The number of amides is 2. The number of anilines is 2. The van der Waals surface area contributed by atoms with E-state index >= 15 is 0 Å². The number of carbonyl (C=O) groups excluding carboxylic acids is 1. The number of nitrogens with zero attached hydrogens (tertiary/aromatic N) is 1. The van der Waals surface area contributed by atoms with Crippen LogP contribution in [0.3, 0.4) is 0 Å². The molecule has 0 saturated carbocycles. The Labute approximate surface area is 126 Å². The van der Waals surface area contributed by atoms with E-state index in [2.05, 4.69) is 15.6 Å². The normalized spacial score (nSPS) is 10.2. The van der Waals surface area contributed by atoms with Crippen LogP contribution in [0.15, 0.2) is 36.5 Å². The molecule has 0 saturated heterocycles. The SMILES string of the molecule is NCc1c(Cl)cccc1NC(=O)Nc1ccc(Cl)cn1. The Morgan fingerprint density at radius 1 is 1.20 bits per heavy atom. The second-order valence-electron chi connectivity index (χ2n) is 3.91. The first-order valence-electron chi connectivity index (χ1n) is 5.77. The number of hydrogen-bond acceptors (Lipinski definition) is 3. The number of pyridine rings is 1. The fraction of sp³-hybridized carbons (Fsp3) is 0.0769. The molecule has 0 radical (unpaired) electrons. The van der Waals surface area contributed by atoms with E-state index in [0.717, 1.165) is 0 Å². The van der Waals surface area contributed by atoms with Gasteiger partial charge in [0.25, 0.3) is 0 Å². The number of rotatable bonds is 3. The van der Waals surface area contributed by atoms with Crippen molar-refractivity contribution in [3.63, 3.8) is 0 Å². The van der Waals surface area contributed by atoms with E-state index in [1.165, 1.54) is 6.20 Å². The summed E-state index contributed by atoms with van der Waals surface area (Å²) in [6.45, 7) is 0.231. The van der Waals surface area contributed by atoms with Crippen LogP contribution < -0.4 is 16.4 Å². The average molecular weight is 311 g/mol. The van der Waals surface area contributed by atoms with Crippen LogP contribution in [0, 0.1) is 0 Å². The topological polar surface area (TPSA) is 80.0 Å². The van der Waals surface area contributed by atoms with Gasteiger partial charge >= 0.3 is 6.03 Å². The minimum Gasteiger partial charge on any atom is -0.326 e. The Bertz CT molecular complexity index is 616. The standard InChI is InChI=1S/C13H12Cl2N4O/c14-8-4-5-12(17-7-8)19-13(20)18-11-3-1-2-10(15)9(11)6-16/h1-5,7H,6,16H2,(H2,17,18,19,20). The number of hydrogen-bond donors (Lipinski definition) is 3. The van der Waals surface area contributed by atoms with Crippen molar-refractivity contribution in [3.05, 3.63) is 52.1 Å². The van der Waals surface area contributed by atoms with Gasteiger partial charge in [0.1, 0.15) is 5.82 Å². The second-order valence-corrected chi connectivity index (χ2v) is 4.75. The number of halogens is 2. The van der Waals surface area contributed by atoms with Gasteiger partial charge in [0.15, 0.2) is 0 Å². The van der Waals surface area contributed by atoms with E-state index in [1.807, 2.05) is 0 Å². The van der Waals surface area contributed by atoms with E-state index in [4.69, 9.17) is 28.9 Å². The van der Waals surface area contributed by atoms with Crippen LogP contribution in [0.25, 0.3) is 0 Å². The van der Waals surface area contributed by atoms with Crippen LogP contribution in [-0.4, -0.2) is 11.0 Å². The van der Waals surface area contributed by atoms with Crippen molar-refractivity contribution >= 4 is 40.7 Å². The molecule has 0 bridgehead atoms. The van der Waals surface area contributed by atoms with Gasteiger partial charge < -0.3 is 11.1 Å². The zero-order valence-electron chi connectivity index (χ0n) is 10.4. The molecule has 20 heavy (non-hydrogen) atoms. The number of carbonyl (C=O) groups is 1. The third-order valence-corrected chi connectivity index (χ3v) is 3.12. The number of nitrogens with two attached hydrogens (primary N) is 1. The van der Waals surface area contributed by atoms with Crippen molar-refractivity contribution in [2.45, 2.75) is 6.54 Å². The smallest absolute Gasteiger partial charge is 0.324 e. The van der Waals surface area contributed by atoms with Crippen molar-refractivity contribution in [1.29, 1.82) is 0 Å². The summed E-state index contributed by atoms with van der Waals surface area (Å²) in [5.41, 5.74) is 6.85. The molecule has 1 aromatic heterocycles. The highest BCUT2D eigenvalue weighted by molar-refractivity contribution is 6.32. The van der Waals surface area contributed by atoms with Crippen molar-refractivity contribution in [3.8, 4) is 0 Å². The first-order chi connectivity index (χ1) is 9.60. The second kappa shape index (κ2) is 6.56. The predicted molar refractivity (Wildman–Crippen MR) is 81.2 cm³/mol. The quantitative estimate of drug-likeness (QED) is 0.811. The van der Waals surface area contributed by atoms with Gasteiger partial charge in [-0.25, -0.2) is 9.78 Å². The van der Waals surface area contributed by atoms with Crippen LogP contribution in [0.2, 0.25) is 10.0 Å². The Morgan fingerprint density at radius 3 is 2.65 bits per heavy atom. The zero-order chi connectivity index (χ0) is 14.5. The first-order valence-corrected chi connectivity index (χ1v) is 6.53. The molecule has 2 amide bonds. The molecular weight excluding hydrogens is 299 g/mol. The number of nitrogens with one attached hydrogen (secondary N) is 2. The summed E-state index contributed by atoms with van der Waals surface area (Å²) < 4.78 is 0. The lowest BCUT2D eigenvalue weighted by atomic mass is 10.2. The lowest BCUT2D eigenvalue weighted by Gasteiger charge is -2.11. The average Bonchev–Trinajstić information content (AvgIpc) is 2.42. The summed E-state index contributed by atoms with van der Waals surface area (Å²) in [4.78, 5) is 15.8. The molecule has 1 aromatic carbocycles. The van der Waals surface area contributed by atoms with Gasteiger partial charge in [0, 0.05) is 29.0 Å². The highest BCUT2D eigenvalue weighted by Crippen LogP contribution is 2.23. The minimum absolute atomic E-state index is 0.231. The van der Waals surface area contributed by atoms with Gasteiger partial charge in [-0.15, -0.1) is 0 Å². The van der Waals surface area contributed by atoms with Gasteiger partial charge in [-0.05, 0) is 24.3 Å². The van der Waals surface area contributed by atoms with Crippen molar-refractivity contribution in [2.75, 3.05) is 10.6 Å². The van der Waals surface area contributed by atoms with E-state index in [0.29, 0.717) is 27.1 Å². The van der Waals surface area contributed by atoms with Crippen molar-refractivity contribution < 1.29 is 4.79 Å². The minimum atomic E-state index is -0.434. The lowest BCUT2D eigenvalue weighted by molar-refractivity contribution is 0.262. The molecule has 0 aliphatic rings. The Hall–Kier alpha value is -1.82. The maximum absolute atomic E-state index is 11.9. The van der Waals surface area contributed by atoms with E-state index < -0.39 is 6.03 Å². The molecule has 0 unspecified atom stereocenters. The molecule has 7 heteroatoms. The summed E-state index contributed by atoms with van der Waals surface area (Å²) in [7, 11) is 0. The molecule has 0 aliphatic heterocycles. The van der Waals surface area contributed by atoms with Gasteiger partial charge in [0.05, 0.1) is 5.02 Å². The van der Waals surface area contributed by atoms with Gasteiger partial charge in [-0.1, -0.05) is 29.3 Å². The van der Waals surface area contributed by atoms with Crippen LogP contribution in [0.5, 0.6) is 0 Å². The highest BCUT2D eigenvalue weighted by atomic mass is 35.5. The third-order valence-electron chi connectivity index (χ3n) is 2.54. The zero-order valence-corrected chi connectivity index (χ0v) is 11.9. The maximum atomic E-state index is 11.9. The summed E-state index contributed by atoms with van der Waals surface area (Å²) in [5.74, 6) is 0.392. The largest absolute Gasteiger partial charge is 0.326 e. The number of benzene rings is 1. The van der Waals surface area contributed by atoms with Crippen molar-refractivity contribution in [2.24, 2.45) is 5.73 Å². The molecule has 2 aromatic rings. The van der Waals surface area contributed by atoms with Gasteiger partial charge in [-0.2, -0.15) is 0 Å². The molecular formula is C13H12Cl2N4O. The van der Waals surface area contributed by atoms with Gasteiger partial charge in [0.2, 0.25) is 0 Å². The number of urea groups is 1. The summed E-state index contributed by atoms with van der Waals surface area (Å²) in [6.07, 6.45) is 1.45. The fourth-order valence-corrected chi connectivity index (χ4v) is 1.97. The molecule has 4 N–H and O–H groups in total. The fourth-order valence-electron chi connectivity index (χ4n) is 1.60. The van der Waals surface area contributed by atoms with Crippen molar-refractivity contribution in [1.82, 2.24) is 4.98 Å². The molecule has 0 spiro atoms. The summed E-state index contributed by atoms with van der Waals surface area (Å²) in [5, 5.41) is 6.27. The van der Waals surface area contributed by atoms with E-state index in [1.54, 1.807) is 30.3 Å². The molecule has 0 fully saturated rings. The predicted octanol–water partition coefficient (Wildman–Crippen LogP) is 3.49. The van der Waals surface area contributed by atoms with Crippen LogP contribution in [-0.2, 0) is 6.54 Å². The Kier molecular flexibility index (Phi) is 4.79. The molecule has 5 nitrogen and oxygen atoms in total. The van der Waals surface area contributed by atoms with E-state index in [9.17, 15) is 4.79 Å². The summed E-state index contributed by atoms with van der Waals surface area (Å²) in [6, 6.07) is 7.98. The lowest BCUT2D eigenvalue weighted by Crippen LogP contribution is -2.21. The highest BCUT2D eigenvalue weighted by Gasteiger charge is 2.09. The molecule has 1 heterocycles. The van der Waals surface area contributed by atoms with Crippen LogP contribution >= 0.6 is 23.2 Å². The van der Waals surface area contributed by atoms with Crippen LogP contribution in [0.4, 0.5) is 16.3 Å².